The van der Waals surface area contributed by atoms with Crippen LogP contribution in [-0.2, 0) is 19.5 Å². The first-order valence-electron chi connectivity index (χ1n) is 11.8. The molecule has 3 aromatic rings. The van der Waals surface area contributed by atoms with Gasteiger partial charge >= 0.3 is 0 Å². The van der Waals surface area contributed by atoms with Crippen LogP contribution in [0.15, 0.2) is 42.6 Å². The zero-order valence-electron chi connectivity index (χ0n) is 18.6. The lowest BCUT2D eigenvalue weighted by Crippen LogP contribution is -2.43. The lowest BCUT2D eigenvalue weighted by atomic mass is 9.91. The number of benzene rings is 1. The van der Waals surface area contributed by atoms with Gasteiger partial charge in [0.2, 0.25) is 0 Å². The highest BCUT2D eigenvalue weighted by Gasteiger charge is 2.26. The Labute approximate surface area is 185 Å². The van der Waals surface area contributed by atoms with Crippen LogP contribution in [-0.4, -0.2) is 64.1 Å². The van der Waals surface area contributed by atoms with E-state index in [1.54, 1.807) is 0 Å². The van der Waals surface area contributed by atoms with Gasteiger partial charge in [-0.3, -0.25) is 9.88 Å². The number of hydrogen-bond donors (Lipinski definition) is 1. The molecule has 1 aliphatic heterocycles. The zero-order valence-corrected chi connectivity index (χ0v) is 18.6. The molecule has 6 heteroatoms. The van der Waals surface area contributed by atoms with Gasteiger partial charge in [0.05, 0.1) is 29.3 Å². The Morgan fingerprint density at radius 3 is 2.87 bits per heavy atom. The summed E-state index contributed by atoms with van der Waals surface area (Å²) in [6.45, 7) is 7.57. The van der Waals surface area contributed by atoms with Gasteiger partial charge in [0, 0.05) is 38.9 Å². The molecule has 1 atom stereocenters. The second-order valence-corrected chi connectivity index (χ2v) is 8.98. The second-order valence-electron chi connectivity index (χ2n) is 8.98. The van der Waals surface area contributed by atoms with Gasteiger partial charge in [0.15, 0.2) is 0 Å². The van der Waals surface area contributed by atoms with Crippen molar-refractivity contribution in [2.24, 2.45) is 0 Å². The van der Waals surface area contributed by atoms with Crippen LogP contribution in [0.1, 0.15) is 42.4 Å². The van der Waals surface area contributed by atoms with E-state index >= 15 is 0 Å². The Morgan fingerprint density at radius 1 is 1.10 bits per heavy atom. The molecule has 1 saturated heterocycles. The Balaban J connectivity index is 1.34. The van der Waals surface area contributed by atoms with Crippen molar-refractivity contribution in [3.8, 4) is 0 Å². The van der Waals surface area contributed by atoms with Gasteiger partial charge in [0.25, 0.3) is 0 Å². The Hall–Kier alpha value is -2.28. The standard InChI is InChI=1S/C25H34N6/c1-29(23-11-4-7-20-8-5-12-27-25(20)23)19-24-28-21-9-2-3-10-22(21)31(24)16-6-15-30-17-13-26-14-18-30/h2-3,5,8-10,12,23,26H,4,6-7,11,13-19H2,1H3. The predicted octanol–water partition coefficient (Wildman–Crippen LogP) is 3.24. The van der Waals surface area contributed by atoms with E-state index in [1.165, 1.54) is 35.4 Å². The van der Waals surface area contributed by atoms with E-state index in [9.17, 15) is 0 Å². The number of aryl methyl sites for hydroxylation is 2. The number of aromatic nitrogens is 3. The molecule has 1 aliphatic carbocycles. The van der Waals surface area contributed by atoms with Crippen LogP contribution in [0.4, 0.5) is 0 Å². The third-order valence-electron chi connectivity index (χ3n) is 6.89. The third-order valence-corrected chi connectivity index (χ3v) is 6.89. The topological polar surface area (TPSA) is 49.2 Å². The maximum absolute atomic E-state index is 5.05. The van der Waals surface area contributed by atoms with Crippen molar-refractivity contribution in [2.75, 3.05) is 39.8 Å². The number of pyridine rings is 1. The molecular formula is C25H34N6. The van der Waals surface area contributed by atoms with E-state index in [0.29, 0.717) is 6.04 Å². The summed E-state index contributed by atoms with van der Waals surface area (Å²) in [4.78, 5) is 14.8. The lowest BCUT2D eigenvalue weighted by molar-refractivity contribution is 0.200. The average molecular weight is 419 g/mol. The van der Waals surface area contributed by atoms with Crippen LogP contribution in [0.2, 0.25) is 0 Å². The number of hydrogen-bond acceptors (Lipinski definition) is 5. The minimum absolute atomic E-state index is 0.374. The van der Waals surface area contributed by atoms with Crippen LogP contribution in [0.3, 0.4) is 0 Å². The largest absolute Gasteiger partial charge is 0.327 e. The highest BCUT2D eigenvalue weighted by atomic mass is 15.2. The van der Waals surface area contributed by atoms with E-state index in [1.807, 2.05) is 6.20 Å². The first kappa shape index (κ1) is 20.6. The maximum atomic E-state index is 5.05. The molecule has 5 rings (SSSR count). The normalized spacial score (nSPS) is 19.7. The van der Waals surface area contributed by atoms with Crippen molar-refractivity contribution in [1.82, 2.24) is 29.7 Å². The van der Waals surface area contributed by atoms with Crippen LogP contribution in [0, 0.1) is 0 Å². The number of piperazine rings is 1. The molecule has 0 bridgehead atoms. The summed E-state index contributed by atoms with van der Waals surface area (Å²) in [6, 6.07) is 13.3. The molecule has 0 spiro atoms. The predicted molar refractivity (Wildman–Crippen MR) is 125 cm³/mol. The molecule has 164 valence electrons. The highest BCUT2D eigenvalue weighted by molar-refractivity contribution is 5.75. The van der Waals surface area contributed by atoms with Gasteiger partial charge in [-0.1, -0.05) is 18.2 Å². The molecule has 0 saturated carbocycles. The van der Waals surface area contributed by atoms with Crippen LogP contribution >= 0.6 is 0 Å². The third kappa shape index (κ3) is 4.52. The summed E-state index contributed by atoms with van der Waals surface area (Å²) < 4.78 is 2.45. The number of nitrogens with one attached hydrogen (secondary N) is 1. The molecule has 2 aliphatic rings. The summed E-state index contributed by atoms with van der Waals surface area (Å²) in [7, 11) is 2.23. The fourth-order valence-electron chi connectivity index (χ4n) is 5.23. The average Bonchev–Trinajstić information content (AvgIpc) is 3.16. The van der Waals surface area contributed by atoms with Crippen molar-refractivity contribution < 1.29 is 0 Å². The number of nitrogens with zero attached hydrogens (tertiary/aromatic N) is 5. The molecule has 2 aromatic heterocycles. The van der Waals surface area contributed by atoms with Crippen molar-refractivity contribution in [3.05, 3.63) is 59.7 Å². The molecule has 1 unspecified atom stereocenters. The van der Waals surface area contributed by atoms with Crippen LogP contribution in [0.5, 0.6) is 0 Å². The number of imidazole rings is 1. The van der Waals surface area contributed by atoms with Gasteiger partial charge in [0.1, 0.15) is 5.82 Å². The number of rotatable bonds is 7. The van der Waals surface area contributed by atoms with Crippen LogP contribution in [0.25, 0.3) is 11.0 Å². The van der Waals surface area contributed by atoms with E-state index < -0.39 is 0 Å². The van der Waals surface area contributed by atoms with Gasteiger partial charge in [-0.15, -0.1) is 0 Å². The first-order valence-corrected chi connectivity index (χ1v) is 11.8. The molecule has 1 aromatic carbocycles. The van der Waals surface area contributed by atoms with Crippen molar-refractivity contribution >= 4 is 11.0 Å². The van der Waals surface area contributed by atoms with E-state index in [-0.39, 0.29) is 0 Å². The summed E-state index contributed by atoms with van der Waals surface area (Å²) in [6.07, 6.45) is 6.65. The van der Waals surface area contributed by atoms with E-state index in [0.717, 1.165) is 64.2 Å². The van der Waals surface area contributed by atoms with Crippen molar-refractivity contribution in [3.63, 3.8) is 0 Å². The molecule has 1 N–H and O–H groups in total. The highest BCUT2D eigenvalue weighted by Crippen LogP contribution is 2.33. The monoisotopic (exact) mass is 418 g/mol. The molecule has 31 heavy (non-hydrogen) atoms. The summed E-state index contributed by atoms with van der Waals surface area (Å²) in [5.74, 6) is 1.17. The summed E-state index contributed by atoms with van der Waals surface area (Å²) >= 11 is 0. The van der Waals surface area contributed by atoms with Crippen LogP contribution < -0.4 is 5.32 Å². The quantitative estimate of drug-likeness (QED) is 0.638. The molecule has 3 heterocycles. The fourth-order valence-corrected chi connectivity index (χ4v) is 5.23. The smallest absolute Gasteiger partial charge is 0.124 e. The molecular weight excluding hydrogens is 384 g/mol. The zero-order chi connectivity index (χ0) is 21.0. The van der Waals surface area contributed by atoms with Crippen molar-refractivity contribution in [2.45, 2.75) is 44.8 Å². The van der Waals surface area contributed by atoms with Gasteiger partial charge in [-0.05, 0) is 63.0 Å². The van der Waals surface area contributed by atoms with Gasteiger partial charge in [-0.2, -0.15) is 0 Å². The minimum Gasteiger partial charge on any atom is -0.327 e. The van der Waals surface area contributed by atoms with Crippen molar-refractivity contribution in [1.29, 1.82) is 0 Å². The maximum Gasteiger partial charge on any atom is 0.124 e. The second kappa shape index (κ2) is 9.47. The Bertz CT molecular complexity index is 1010. The SMILES string of the molecule is CN(Cc1nc2ccccc2n1CCCN1CCNCC1)C1CCCc2cccnc21. The molecule has 6 nitrogen and oxygen atoms in total. The minimum atomic E-state index is 0.374. The van der Waals surface area contributed by atoms with Gasteiger partial charge in [-0.25, -0.2) is 4.98 Å². The molecule has 0 amide bonds. The number of fused-ring (bicyclic) bond motifs is 2. The summed E-state index contributed by atoms with van der Waals surface area (Å²) in [5, 5.41) is 3.44. The molecule has 0 radical (unpaired) electrons. The first-order chi connectivity index (χ1) is 15.3. The Morgan fingerprint density at radius 2 is 1.97 bits per heavy atom. The lowest BCUT2D eigenvalue weighted by Gasteiger charge is -2.32. The Kier molecular flexibility index (Phi) is 6.30. The molecule has 1 fully saturated rings. The van der Waals surface area contributed by atoms with E-state index in [2.05, 4.69) is 63.1 Å². The summed E-state index contributed by atoms with van der Waals surface area (Å²) in [5.41, 5.74) is 5.04. The van der Waals surface area contributed by atoms with E-state index in [4.69, 9.17) is 9.97 Å². The fraction of sp³-hybridized carbons (Fsp3) is 0.520. The number of para-hydroxylation sites is 2. The van der Waals surface area contributed by atoms with Gasteiger partial charge < -0.3 is 14.8 Å².